The Morgan fingerprint density at radius 1 is 0.880 bits per heavy atom. The number of piperazine rings is 2. The van der Waals surface area contributed by atoms with E-state index in [2.05, 4.69) is 40.7 Å². The first kappa shape index (κ1) is 32.5. The van der Waals surface area contributed by atoms with E-state index in [0.29, 0.717) is 73.4 Å². The highest BCUT2D eigenvalue weighted by Crippen LogP contribution is 2.35. The molecule has 2 saturated heterocycles. The summed E-state index contributed by atoms with van der Waals surface area (Å²) < 4.78 is 7.16. The SMILES string of the molecule is COc1cnc(-c2ccc(N3CCN(C(=O)NC(C)C)CC3)cc2)c2[nH]cc(C(=O)C(=O)N3CCN(c4nnnn4-c4ccccn4)CC3)c12. The van der Waals surface area contributed by atoms with Crippen LogP contribution in [0.5, 0.6) is 5.75 Å². The zero-order valence-corrected chi connectivity index (χ0v) is 28.1. The Balaban J connectivity index is 1.04. The molecule has 7 rings (SSSR count). The number of carbonyl (C=O) groups excluding carboxylic acids is 3. The maximum absolute atomic E-state index is 13.7. The van der Waals surface area contributed by atoms with Crippen LogP contribution in [0.4, 0.5) is 16.4 Å². The number of rotatable bonds is 8. The summed E-state index contributed by atoms with van der Waals surface area (Å²) in [6.45, 7) is 8.16. The molecule has 2 aliphatic rings. The van der Waals surface area contributed by atoms with Crippen LogP contribution in [-0.2, 0) is 4.79 Å². The van der Waals surface area contributed by atoms with Gasteiger partial charge in [0.05, 0.1) is 35.5 Å². The smallest absolute Gasteiger partial charge is 0.317 e. The van der Waals surface area contributed by atoms with Crippen molar-refractivity contribution in [2.75, 3.05) is 69.3 Å². The molecular formula is C34H38N12O4. The summed E-state index contributed by atoms with van der Waals surface area (Å²) in [6, 6.07) is 13.6. The first-order valence-corrected chi connectivity index (χ1v) is 16.6. The van der Waals surface area contributed by atoms with Crippen molar-refractivity contribution < 1.29 is 19.1 Å². The number of nitrogens with one attached hydrogen (secondary N) is 2. The van der Waals surface area contributed by atoms with Gasteiger partial charge >= 0.3 is 6.03 Å². The van der Waals surface area contributed by atoms with Crippen LogP contribution in [0, 0.1) is 0 Å². The molecule has 2 aliphatic heterocycles. The van der Waals surface area contributed by atoms with E-state index in [-0.39, 0.29) is 17.6 Å². The summed E-state index contributed by atoms with van der Waals surface area (Å²) >= 11 is 0. The van der Waals surface area contributed by atoms with Gasteiger partial charge in [-0.15, -0.1) is 0 Å². The maximum atomic E-state index is 13.7. The molecule has 4 aromatic heterocycles. The van der Waals surface area contributed by atoms with Crippen LogP contribution in [0.1, 0.15) is 24.2 Å². The second kappa shape index (κ2) is 13.8. The van der Waals surface area contributed by atoms with E-state index in [1.807, 2.05) is 66.1 Å². The van der Waals surface area contributed by atoms with E-state index < -0.39 is 11.7 Å². The lowest BCUT2D eigenvalue weighted by atomic mass is 10.0. The van der Waals surface area contributed by atoms with Crippen molar-refractivity contribution in [3.63, 3.8) is 0 Å². The number of urea groups is 1. The fraction of sp³-hybridized carbons (Fsp3) is 0.353. The molecule has 0 saturated carbocycles. The number of hydrogen-bond donors (Lipinski definition) is 2. The molecule has 2 N–H and O–H groups in total. The Morgan fingerprint density at radius 3 is 2.28 bits per heavy atom. The second-order valence-electron chi connectivity index (χ2n) is 12.4. The van der Waals surface area contributed by atoms with Crippen molar-refractivity contribution in [3.05, 3.63) is 66.6 Å². The number of Topliss-reactive ketones (excluding diaryl/α,β-unsaturated/α-hetero) is 1. The Bertz CT molecular complexity index is 1990. The minimum absolute atomic E-state index is 0.0331. The normalized spacial score (nSPS) is 15.1. The highest BCUT2D eigenvalue weighted by atomic mass is 16.5. The quantitative estimate of drug-likeness (QED) is 0.182. The van der Waals surface area contributed by atoms with E-state index in [9.17, 15) is 14.4 Å². The first-order valence-electron chi connectivity index (χ1n) is 16.6. The van der Waals surface area contributed by atoms with E-state index in [1.165, 1.54) is 7.11 Å². The largest absolute Gasteiger partial charge is 0.494 e. The molecular weight excluding hydrogens is 640 g/mol. The van der Waals surface area contributed by atoms with Gasteiger partial charge in [0.2, 0.25) is 0 Å². The monoisotopic (exact) mass is 678 g/mol. The number of H-pyrrole nitrogens is 1. The highest BCUT2D eigenvalue weighted by Gasteiger charge is 2.31. The standard InChI is InChI=1S/C34H38N12O4/c1-22(2)38-34(49)45-18-12-42(13-19-45)24-9-7-23(8-10-24)29-30-28(26(50-3)21-37-29)25(20-36-30)31(47)32(48)43-14-16-44(17-15-43)33-39-40-41-46(33)27-6-4-5-11-35-27/h4-11,20-22,36H,12-19H2,1-3H3,(H,38,49). The number of pyridine rings is 2. The summed E-state index contributed by atoms with van der Waals surface area (Å²) in [7, 11) is 1.51. The van der Waals surface area contributed by atoms with Crippen LogP contribution in [0.15, 0.2) is 61.1 Å². The molecule has 258 valence electrons. The van der Waals surface area contributed by atoms with Crippen LogP contribution in [0.25, 0.3) is 28.0 Å². The van der Waals surface area contributed by atoms with Gasteiger partial charge in [-0.1, -0.05) is 23.3 Å². The molecule has 2 fully saturated rings. The van der Waals surface area contributed by atoms with Crippen LogP contribution in [0.3, 0.4) is 0 Å². The summed E-state index contributed by atoms with van der Waals surface area (Å²) in [5.41, 5.74) is 3.34. The highest BCUT2D eigenvalue weighted by molar-refractivity contribution is 6.45. The third kappa shape index (κ3) is 6.26. The number of ketones is 1. The molecule has 0 spiro atoms. The fourth-order valence-electron chi connectivity index (χ4n) is 6.38. The van der Waals surface area contributed by atoms with Gasteiger partial charge in [0, 0.05) is 82.0 Å². The molecule has 0 bridgehead atoms. The Morgan fingerprint density at radius 2 is 1.60 bits per heavy atom. The van der Waals surface area contributed by atoms with Crippen LogP contribution >= 0.6 is 0 Å². The maximum Gasteiger partial charge on any atom is 0.317 e. The lowest BCUT2D eigenvalue weighted by Gasteiger charge is -2.36. The number of hydrogen-bond acceptors (Lipinski definition) is 11. The van der Waals surface area contributed by atoms with Crippen molar-refractivity contribution in [2.24, 2.45) is 0 Å². The van der Waals surface area contributed by atoms with E-state index in [0.717, 1.165) is 24.3 Å². The zero-order valence-electron chi connectivity index (χ0n) is 28.1. The van der Waals surface area contributed by atoms with Gasteiger partial charge in [0.25, 0.3) is 17.6 Å². The Labute approximate surface area is 288 Å². The molecule has 5 aromatic rings. The number of amides is 3. The van der Waals surface area contributed by atoms with Crippen molar-refractivity contribution in [1.29, 1.82) is 0 Å². The number of anilines is 2. The lowest BCUT2D eigenvalue weighted by molar-refractivity contribution is -0.126. The van der Waals surface area contributed by atoms with Crippen molar-refractivity contribution >= 4 is 40.3 Å². The number of fused-ring (bicyclic) bond motifs is 1. The first-order chi connectivity index (χ1) is 24.3. The summed E-state index contributed by atoms with van der Waals surface area (Å²) in [5.74, 6) is 0.270. The molecule has 16 nitrogen and oxygen atoms in total. The average molecular weight is 679 g/mol. The van der Waals surface area contributed by atoms with Gasteiger partial charge in [0.15, 0.2) is 5.82 Å². The molecule has 50 heavy (non-hydrogen) atoms. The van der Waals surface area contributed by atoms with Gasteiger partial charge in [-0.05, 0) is 48.5 Å². The number of nitrogens with zero attached hydrogens (tertiary/aromatic N) is 10. The minimum atomic E-state index is -0.630. The van der Waals surface area contributed by atoms with Gasteiger partial charge in [-0.2, -0.15) is 4.68 Å². The number of aromatic nitrogens is 7. The topological polar surface area (TPSA) is 171 Å². The number of benzene rings is 1. The minimum Gasteiger partial charge on any atom is -0.494 e. The Kier molecular flexibility index (Phi) is 8.98. The molecule has 3 amide bonds. The van der Waals surface area contributed by atoms with Crippen molar-refractivity contribution in [1.82, 2.24) is 50.3 Å². The zero-order chi connectivity index (χ0) is 34.8. The lowest BCUT2D eigenvalue weighted by Crippen LogP contribution is -2.52. The van der Waals surface area contributed by atoms with E-state index in [1.54, 1.807) is 28.2 Å². The number of carbonyl (C=O) groups is 3. The summed E-state index contributed by atoms with van der Waals surface area (Å²) in [6.07, 6.45) is 4.80. The number of aromatic amines is 1. The molecule has 0 atom stereocenters. The molecule has 16 heteroatoms. The fourth-order valence-corrected chi connectivity index (χ4v) is 6.38. The third-order valence-electron chi connectivity index (χ3n) is 8.99. The number of ether oxygens (including phenoxy) is 1. The molecule has 1 aromatic carbocycles. The van der Waals surface area contributed by atoms with Gasteiger partial charge in [0.1, 0.15) is 5.75 Å². The molecule has 6 heterocycles. The Hall–Kier alpha value is -6.06. The van der Waals surface area contributed by atoms with Crippen LogP contribution < -0.4 is 19.9 Å². The molecule has 0 radical (unpaired) electrons. The van der Waals surface area contributed by atoms with Gasteiger partial charge < -0.3 is 34.6 Å². The van der Waals surface area contributed by atoms with Crippen molar-refractivity contribution in [2.45, 2.75) is 19.9 Å². The van der Waals surface area contributed by atoms with Crippen LogP contribution in [0.2, 0.25) is 0 Å². The van der Waals surface area contributed by atoms with Gasteiger partial charge in [-0.25, -0.2) is 9.78 Å². The summed E-state index contributed by atoms with van der Waals surface area (Å²) in [4.78, 5) is 59.5. The van der Waals surface area contributed by atoms with Gasteiger partial charge in [-0.3, -0.25) is 14.6 Å². The molecule has 0 unspecified atom stereocenters. The van der Waals surface area contributed by atoms with E-state index in [4.69, 9.17) is 4.74 Å². The number of methoxy groups -OCH3 is 1. The third-order valence-corrected chi connectivity index (χ3v) is 8.99. The van der Waals surface area contributed by atoms with E-state index >= 15 is 0 Å². The van der Waals surface area contributed by atoms with Crippen LogP contribution in [-0.4, -0.2) is 128 Å². The predicted octanol–water partition coefficient (Wildman–Crippen LogP) is 2.38. The predicted molar refractivity (Wildman–Crippen MR) is 186 cm³/mol. The molecule has 0 aliphatic carbocycles. The summed E-state index contributed by atoms with van der Waals surface area (Å²) in [5, 5.41) is 15.5. The number of tetrazole rings is 1. The average Bonchev–Trinajstić information content (AvgIpc) is 3.83. The second-order valence-corrected chi connectivity index (χ2v) is 12.4. The van der Waals surface area contributed by atoms with Crippen molar-refractivity contribution in [3.8, 4) is 22.8 Å².